The molecule has 1 aromatic heterocycles. The van der Waals surface area contributed by atoms with Crippen molar-refractivity contribution in [3.63, 3.8) is 0 Å². The number of hydrogen-bond donors (Lipinski definition) is 1. The average Bonchev–Trinajstić information content (AvgIpc) is 2.46. The number of rotatable bonds is 5. The van der Waals surface area contributed by atoms with Crippen LogP contribution in [0, 0.1) is 6.92 Å². The van der Waals surface area contributed by atoms with Crippen LogP contribution < -0.4 is 10.1 Å². The van der Waals surface area contributed by atoms with Gasteiger partial charge in [0.2, 0.25) is 0 Å². The molecule has 0 saturated heterocycles. The molecule has 0 saturated carbocycles. The van der Waals surface area contributed by atoms with Crippen molar-refractivity contribution in [3.05, 3.63) is 47.5 Å². The first-order chi connectivity index (χ1) is 9.63. The highest BCUT2D eigenvalue weighted by molar-refractivity contribution is 5.54. The summed E-state index contributed by atoms with van der Waals surface area (Å²) in [6, 6.07) is 4.73. The van der Waals surface area contributed by atoms with E-state index in [0.717, 1.165) is 0 Å². The van der Waals surface area contributed by atoms with Gasteiger partial charge in [-0.15, -0.1) is 0 Å². The van der Waals surface area contributed by atoms with Gasteiger partial charge in [0.05, 0.1) is 11.9 Å². The Morgan fingerprint density at radius 3 is 2.80 bits per heavy atom. The molecular formula is C14H15F2N3O. The van der Waals surface area contributed by atoms with Crippen LogP contribution in [-0.4, -0.2) is 17.0 Å². The van der Waals surface area contributed by atoms with Crippen molar-refractivity contribution in [1.82, 2.24) is 9.97 Å². The third kappa shape index (κ3) is 3.01. The molecule has 4 nitrogen and oxygen atoms in total. The maximum Gasteiger partial charge on any atom is 0.264 e. The standard InChI is InChI=1S/C14H15F2N3O/c1-9-13(6-18-8-19-9)20-7-11-10(14(15)16)4-3-5-12(11)17-2/h3-6,8,14,17H,7H2,1-2H3. The number of anilines is 1. The second kappa shape index (κ2) is 6.27. The monoisotopic (exact) mass is 279 g/mol. The van der Waals surface area contributed by atoms with Gasteiger partial charge >= 0.3 is 0 Å². The molecule has 1 N–H and O–H groups in total. The number of nitrogens with zero attached hydrogens (tertiary/aromatic N) is 2. The molecule has 1 aromatic carbocycles. The molecule has 0 bridgehead atoms. The van der Waals surface area contributed by atoms with Crippen LogP contribution >= 0.6 is 0 Å². The highest BCUT2D eigenvalue weighted by atomic mass is 19.3. The van der Waals surface area contributed by atoms with Crippen LogP contribution in [-0.2, 0) is 6.61 Å². The van der Waals surface area contributed by atoms with Crippen LogP contribution in [0.4, 0.5) is 14.5 Å². The lowest BCUT2D eigenvalue weighted by atomic mass is 10.1. The topological polar surface area (TPSA) is 47.0 Å². The molecule has 0 aliphatic carbocycles. The van der Waals surface area contributed by atoms with E-state index in [1.165, 1.54) is 18.6 Å². The minimum Gasteiger partial charge on any atom is -0.485 e. The van der Waals surface area contributed by atoms with Crippen molar-refractivity contribution >= 4 is 5.69 Å². The summed E-state index contributed by atoms with van der Waals surface area (Å²) in [5.74, 6) is 0.485. The van der Waals surface area contributed by atoms with Crippen molar-refractivity contribution in [2.45, 2.75) is 20.0 Å². The van der Waals surface area contributed by atoms with Crippen LogP contribution in [0.1, 0.15) is 23.2 Å². The zero-order chi connectivity index (χ0) is 14.5. The van der Waals surface area contributed by atoms with Crippen molar-refractivity contribution in [3.8, 4) is 5.75 Å². The van der Waals surface area contributed by atoms with Gasteiger partial charge in [-0.05, 0) is 13.0 Å². The third-order valence-corrected chi connectivity index (χ3v) is 2.96. The molecule has 20 heavy (non-hydrogen) atoms. The summed E-state index contributed by atoms with van der Waals surface area (Å²) >= 11 is 0. The van der Waals surface area contributed by atoms with Gasteiger partial charge in [0.25, 0.3) is 6.43 Å². The molecule has 2 aromatic rings. The first-order valence-corrected chi connectivity index (χ1v) is 6.10. The normalized spacial score (nSPS) is 10.7. The van der Waals surface area contributed by atoms with E-state index in [4.69, 9.17) is 4.74 Å². The summed E-state index contributed by atoms with van der Waals surface area (Å²) in [5, 5.41) is 2.90. The van der Waals surface area contributed by atoms with Gasteiger partial charge < -0.3 is 10.1 Å². The predicted octanol–water partition coefficient (Wildman–Crippen LogP) is 3.34. The molecule has 0 spiro atoms. The lowest BCUT2D eigenvalue weighted by molar-refractivity contribution is 0.148. The Kier molecular flexibility index (Phi) is 4.45. The molecule has 0 fully saturated rings. The molecule has 0 amide bonds. The number of nitrogens with one attached hydrogen (secondary N) is 1. The van der Waals surface area contributed by atoms with E-state index in [1.807, 2.05) is 0 Å². The Morgan fingerprint density at radius 1 is 1.35 bits per heavy atom. The first-order valence-electron chi connectivity index (χ1n) is 6.10. The molecule has 2 rings (SSSR count). The number of aryl methyl sites for hydroxylation is 1. The van der Waals surface area contributed by atoms with Crippen LogP contribution in [0.3, 0.4) is 0 Å². The largest absolute Gasteiger partial charge is 0.485 e. The highest BCUT2D eigenvalue weighted by Gasteiger charge is 2.16. The van der Waals surface area contributed by atoms with E-state index in [0.29, 0.717) is 22.7 Å². The Hall–Kier alpha value is -2.24. The number of halogens is 2. The molecular weight excluding hydrogens is 264 g/mol. The Morgan fingerprint density at radius 2 is 2.15 bits per heavy atom. The number of aromatic nitrogens is 2. The summed E-state index contributed by atoms with van der Waals surface area (Å²) in [6.45, 7) is 1.81. The SMILES string of the molecule is CNc1cccc(C(F)F)c1COc1cncnc1C. The van der Waals surface area contributed by atoms with E-state index in [1.54, 1.807) is 26.1 Å². The summed E-state index contributed by atoms with van der Waals surface area (Å²) in [7, 11) is 1.69. The fraction of sp³-hybridized carbons (Fsp3) is 0.286. The number of ether oxygens (including phenoxy) is 1. The second-order valence-electron chi connectivity index (χ2n) is 4.19. The van der Waals surface area contributed by atoms with E-state index < -0.39 is 6.43 Å². The zero-order valence-electron chi connectivity index (χ0n) is 11.2. The van der Waals surface area contributed by atoms with Gasteiger partial charge in [0, 0.05) is 23.9 Å². The van der Waals surface area contributed by atoms with Gasteiger partial charge in [0.15, 0.2) is 5.75 Å². The van der Waals surface area contributed by atoms with Crippen molar-refractivity contribution < 1.29 is 13.5 Å². The Balaban J connectivity index is 2.26. The van der Waals surface area contributed by atoms with Gasteiger partial charge in [-0.1, -0.05) is 12.1 Å². The number of alkyl halides is 2. The van der Waals surface area contributed by atoms with Gasteiger partial charge in [-0.25, -0.2) is 18.7 Å². The fourth-order valence-corrected chi connectivity index (χ4v) is 1.87. The Bertz CT molecular complexity index is 590. The summed E-state index contributed by atoms with van der Waals surface area (Å²) in [6.07, 6.45) is 0.385. The van der Waals surface area contributed by atoms with Crippen molar-refractivity contribution in [2.75, 3.05) is 12.4 Å². The van der Waals surface area contributed by atoms with Crippen LogP contribution in [0.5, 0.6) is 5.75 Å². The minimum absolute atomic E-state index is 0.0326. The molecule has 0 unspecified atom stereocenters. The van der Waals surface area contributed by atoms with E-state index in [9.17, 15) is 8.78 Å². The summed E-state index contributed by atoms with van der Waals surface area (Å²) in [4.78, 5) is 7.85. The van der Waals surface area contributed by atoms with Crippen molar-refractivity contribution in [2.24, 2.45) is 0 Å². The van der Waals surface area contributed by atoms with Crippen LogP contribution in [0.25, 0.3) is 0 Å². The lowest BCUT2D eigenvalue weighted by Crippen LogP contribution is -2.06. The third-order valence-electron chi connectivity index (χ3n) is 2.96. The van der Waals surface area contributed by atoms with Gasteiger partial charge in [-0.3, -0.25) is 0 Å². The van der Waals surface area contributed by atoms with E-state index in [-0.39, 0.29) is 12.2 Å². The zero-order valence-corrected chi connectivity index (χ0v) is 11.2. The lowest BCUT2D eigenvalue weighted by Gasteiger charge is -2.15. The molecule has 0 aliphatic heterocycles. The molecule has 0 atom stereocenters. The maximum absolute atomic E-state index is 13.0. The van der Waals surface area contributed by atoms with E-state index >= 15 is 0 Å². The highest BCUT2D eigenvalue weighted by Crippen LogP contribution is 2.29. The minimum atomic E-state index is -2.55. The molecule has 6 heteroatoms. The predicted molar refractivity (Wildman–Crippen MR) is 72.0 cm³/mol. The second-order valence-corrected chi connectivity index (χ2v) is 4.19. The maximum atomic E-state index is 13.0. The quantitative estimate of drug-likeness (QED) is 0.911. The van der Waals surface area contributed by atoms with Gasteiger partial charge in [-0.2, -0.15) is 0 Å². The number of benzene rings is 1. The average molecular weight is 279 g/mol. The Labute approximate surface area is 115 Å². The molecule has 0 radical (unpaired) electrons. The van der Waals surface area contributed by atoms with Crippen LogP contribution in [0.15, 0.2) is 30.7 Å². The smallest absolute Gasteiger partial charge is 0.264 e. The van der Waals surface area contributed by atoms with Crippen molar-refractivity contribution in [1.29, 1.82) is 0 Å². The van der Waals surface area contributed by atoms with E-state index in [2.05, 4.69) is 15.3 Å². The molecule has 106 valence electrons. The molecule has 1 heterocycles. The van der Waals surface area contributed by atoms with Gasteiger partial charge in [0.1, 0.15) is 12.9 Å². The molecule has 0 aliphatic rings. The summed E-state index contributed by atoms with van der Waals surface area (Å²) in [5.41, 5.74) is 1.69. The van der Waals surface area contributed by atoms with Crippen LogP contribution in [0.2, 0.25) is 0 Å². The number of hydrogen-bond acceptors (Lipinski definition) is 4. The summed E-state index contributed by atoms with van der Waals surface area (Å²) < 4.78 is 31.6. The first kappa shape index (κ1) is 14.2. The fourth-order valence-electron chi connectivity index (χ4n) is 1.87.